The second kappa shape index (κ2) is 5.64. The predicted octanol–water partition coefficient (Wildman–Crippen LogP) is 4.01. The van der Waals surface area contributed by atoms with E-state index in [0.29, 0.717) is 10.8 Å². The largest absolute Gasteiger partial charge is 0.495 e. The molecule has 1 unspecified atom stereocenters. The Hall–Kier alpha value is -1.51. The van der Waals surface area contributed by atoms with Crippen LogP contribution in [-0.2, 0) is 0 Å². The Bertz CT molecular complexity index is 595. The number of rotatable bonds is 3. The number of aryl methyl sites for hydroxylation is 2. The fraction of sp³-hybridized carbons (Fsp3) is 0.250. The molecule has 19 heavy (non-hydrogen) atoms. The van der Waals surface area contributed by atoms with E-state index in [9.17, 15) is 0 Å². The van der Waals surface area contributed by atoms with Gasteiger partial charge in [0.25, 0.3) is 0 Å². The highest BCUT2D eigenvalue weighted by Gasteiger charge is 2.12. The molecule has 1 atom stereocenters. The van der Waals surface area contributed by atoms with Crippen LogP contribution in [0.4, 0.5) is 0 Å². The molecule has 0 aliphatic carbocycles. The molecule has 0 spiro atoms. The van der Waals surface area contributed by atoms with Crippen LogP contribution in [0.1, 0.15) is 28.3 Å². The average molecular weight is 276 g/mol. The molecule has 2 aromatic carbocycles. The van der Waals surface area contributed by atoms with E-state index in [2.05, 4.69) is 32.0 Å². The molecule has 0 aromatic heterocycles. The monoisotopic (exact) mass is 275 g/mol. The molecule has 0 aliphatic rings. The summed E-state index contributed by atoms with van der Waals surface area (Å²) in [5, 5.41) is 0.596. The Morgan fingerprint density at radius 2 is 1.63 bits per heavy atom. The summed E-state index contributed by atoms with van der Waals surface area (Å²) in [6, 6.07) is 11.8. The van der Waals surface area contributed by atoms with Gasteiger partial charge in [-0.1, -0.05) is 35.9 Å². The second-order valence-corrected chi connectivity index (χ2v) is 5.12. The fourth-order valence-electron chi connectivity index (χ4n) is 2.02. The van der Waals surface area contributed by atoms with E-state index in [1.54, 1.807) is 7.11 Å². The molecule has 2 nitrogen and oxygen atoms in total. The molecule has 2 N–H and O–H groups in total. The molecule has 0 saturated carbocycles. The van der Waals surface area contributed by atoms with E-state index in [1.807, 2.05) is 18.2 Å². The number of nitrogens with two attached hydrogens (primary N) is 1. The van der Waals surface area contributed by atoms with Gasteiger partial charge in [-0.15, -0.1) is 0 Å². The van der Waals surface area contributed by atoms with Crippen molar-refractivity contribution in [3.05, 3.63) is 63.7 Å². The van der Waals surface area contributed by atoms with Crippen LogP contribution in [0.25, 0.3) is 0 Å². The SMILES string of the molecule is COc1cc(C(N)c2ccc(C)c(C)c2)ccc1Cl. The summed E-state index contributed by atoms with van der Waals surface area (Å²) in [6.45, 7) is 4.18. The first-order valence-electron chi connectivity index (χ1n) is 6.19. The van der Waals surface area contributed by atoms with Gasteiger partial charge in [0.2, 0.25) is 0 Å². The van der Waals surface area contributed by atoms with Crippen molar-refractivity contribution in [2.75, 3.05) is 7.11 Å². The quantitative estimate of drug-likeness (QED) is 0.918. The highest BCUT2D eigenvalue weighted by atomic mass is 35.5. The molecule has 0 saturated heterocycles. The van der Waals surface area contributed by atoms with Crippen molar-refractivity contribution in [2.24, 2.45) is 5.73 Å². The molecule has 0 heterocycles. The van der Waals surface area contributed by atoms with Gasteiger partial charge in [-0.3, -0.25) is 0 Å². The number of methoxy groups -OCH3 is 1. The minimum absolute atomic E-state index is 0.175. The lowest BCUT2D eigenvalue weighted by Crippen LogP contribution is -2.12. The lowest BCUT2D eigenvalue weighted by Gasteiger charge is -2.15. The van der Waals surface area contributed by atoms with Crippen molar-refractivity contribution >= 4 is 11.6 Å². The van der Waals surface area contributed by atoms with Gasteiger partial charge in [-0.25, -0.2) is 0 Å². The maximum atomic E-state index is 6.31. The molecule has 3 heteroatoms. The molecule has 0 bridgehead atoms. The zero-order chi connectivity index (χ0) is 14.0. The normalized spacial score (nSPS) is 12.3. The molecule has 0 radical (unpaired) electrons. The standard InChI is InChI=1S/C16H18ClNO/c1-10-4-5-12(8-11(10)2)16(18)13-6-7-14(17)15(9-13)19-3/h4-9,16H,18H2,1-3H3. The lowest BCUT2D eigenvalue weighted by molar-refractivity contribution is 0.414. The topological polar surface area (TPSA) is 35.2 Å². The Morgan fingerprint density at radius 3 is 2.26 bits per heavy atom. The van der Waals surface area contributed by atoms with Crippen LogP contribution in [0.3, 0.4) is 0 Å². The number of halogens is 1. The molecular formula is C16H18ClNO. The van der Waals surface area contributed by atoms with Gasteiger partial charge in [-0.2, -0.15) is 0 Å². The molecule has 100 valence electrons. The minimum Gasteiger partial charge on any atom is -0.495 e. The van der Waals surface area contributed by atoms with E-state index in [1.165, 1.54) is 11.1 Å². The highest BCUT2D eigenvalue weighted by molar-refractivity contribution is 6.32. The Labute approximate surface area is 119 Å². The first-order chi connectivity index (χ1) is 9.02. The Kier molecular flexibility index (Phi) is 4.13. The summed E-state index contributed by atoms with van der Waals surface area (Å²) in [5.74, 6) is 0.651. The van der Waals surface area contributed by atoms with Gasteiger partial charge >= 0.3 is 0 Å². The Balaban J connectivity index is 2.37. The van der Waals surface area contributed by atoms with Crippen LogP contribution in [-0.4, -0.2) is 7.11 Å². The number of benzene rings is 2. The van der Waals surface area contributed by atoms with E-state index in [4.69, 9.17) is 22.1 Å². The summed E-state index contributed by atoms with van der Waals surface area (Å²) in [6.07, 6.45) is 0. The summed E-state index contributed by atoms with van der Waals surface area (Å²) in [4.78, 5) is 0. The van der Waals surface area contributed by atoms with E-state index in [-0.39, 0.29) is 6.04 Å². The van der Waals surface area contributed by atoms with Crippen molar-refractivity contribution in [3.63, 3.8) is 0 Å². The van der Waals surface area contributed by atoms with Crippen molar-refractivity contribution < 1.29 is 4.74 Å². The molecule has 2 rings (SSSR count). The zero-order valence-electron chi connectivity index (χ0n) is 11.4. The van der Waals surface area contributed by atoms with E-state index >= 15 is 0 Å². The number of hydrogen-bond acceptors (Lipinski definition) is 2. The Morgan fingerprint density at radius 1 is 1.00 bits per heavy atom. The second-order valence-electron chi connectivity index (χ2n) is 4.72. The molecule has 2 aromatic rings. The molecular weight excluding hydrogens is 258 g/mol. The minimum atomic E-state index is -0.175. The van der Waals surface area contributed by atoms with Crippen LogP contribution in [0.5, 0.6) is 5.75 Å². The first-order valence-corrected chi connectivity index (χ1v) is 6.57. The lowest BCUT2D eigenvalue weighted by atomic mass is 9.96. The summed E-state index contributed by atoms with van der Waals surface area (Å²) in [7, 11) is 1.60. The van der Waals surface area contributed by atoms with Crippen LogP contribution in [0.15, 0.2) is 36.4 Å². The third-order valence-corrected chi connectivity index (χ3v) is 3.74. The van der Waals surface area contributed by atoms with Gasteiger partial charge in [0.05, 0.1) is 18.2 Å². The van der Waals surface area contributed by atoms with Gasteiger partial charge in [-0.05, 0) is 48.2 Å². The van der Waals surface area contributed by atoms with Crippen molar-refractivity contribution in [1.29, 1.82) is 0 Å². The summed E-state index contributed by atoms with van der Waals surface area (Å²) in [5.41, 5.74) is 10.9. The summed E-state index contributed by atoms with van der Waals surface area (Å²) < 4.78 is 5.23. The number of hydrogen-bond donors (Lipinski definition) is 1. The average Bonchev–Trinajstić information content (AvgIpc) is 2.41. The van der Waals surface area contributed by atoms with E-state index in [0.717, 1.165) is 11.1 Å². The van der Waals surface area contributed by atoms with Gasteiger partial charge in [0.1, 0.15) is 5.75 Å². The molecule has 0 fully saturated rings. The molecule has 0 amide bonds. The maximum absolute atomic E-state index is 6.31. The maximum Gasteiger partial charge on any atom is 0.137 e. The van der Waals surface area contributed by atoms with Crippen molar-refractivity contribution in [2.45, 2.75) is 19.9 Å². The van der Waals surface area contributed by atoms with Gasteiger partial charge in [0.15, 0.2) is 0 Å². The first kappa shape index (κ1) is 13.9. The van der Waals surface area contributed by atoms with Gasteiger partial charge < -0.3 is 10.5 Å². The summed E-state index contributed by atoms with van der Waals surface area (Å²) >= 11 is 6.03. The third kappa shape index (κ3) is 2.91. The number of ether oxygens (including phenoxy) is 1. The fourth-order valence-corrected chi connectivity index (χ4v) is 2.22. The predicted molar refractivity (Wildman–Crippen MR) is 80.0 cm³/mol. The van der Waals surface area contributed by atoms with E-state index < -0.39 is 0 Å². The van der Waals surface area contributed by atoms with Crippen LogP contribution in [0.2, 0.25) is 5.02 Å². The smallest absolute Gasteiger partial charge is 0.137 e. The van der Waals surface area contributed by atoms with Crippen LogP contribution < -0.4 is 10.5 Å². The van der Waals surface area contributed by atoms with Crippen LogP contribution in [0, 0.1) is 13.8 Å². The van der Waals surface area contributed by atoms with Crippen molar-refractivity contribution in [3.8, 4) is 5.75 Å². The zero-order valence-corrected chi connectivity index (χ0v) is 12.2. The van der Waals surface area contributed by atoms with Gasteiger partial charge in [0, 0.05) is 0 Å². The van der Waals surface area contributed by atoms with Crippen molar-refractivity contribution in [1.82, 2.24) is 0 Å². The molecule has 0 aliphatic heterocycles. The van der Waals surface area contributed by atoms with Crippen LogP contribution >= 0.6 is 11.6 Å². The highest BCUT2D eigenvalue weighted by Crippen LogP contribution is 2.29. The third-order valence-electron chi connectivity index (χ3n) is 3.42.